The predicted molar refractivity (Wildman–Crippen MR) is 112 cm³/mol. The maximum Gasteiger partial charge on any atom is 0.429 e. The summed E-state index contributed by atoms with van der Waals surface area (Å²) in [6, 6.07) is 20.5. The van der Waals surface area contributed by atoms with Gasteiger partial charge in [0.1, 0.15) is 5.60 Å². The van der Waals surface area contributed by atoms with Gasteiger partial charge in [0.15, 0.2) is 0 Å². The Morgan fingerprint density at radius 2 is 1.57 bits per heavy atom. The number of hydrazine groups is 1. The first kappa shape index (κ1) is 19.9. The lowest BCUT2D eigenvalue weighted by atomic mass is 10.0. The van der Waals surface area contributed by atoms with Gasteiger partial charge in [-0.1, -0.05) is 66.7 Å². The number of benzene rings is 2. The second-order valence-corrected chi connectivity index (χ2v) is 7.91. The highest BCUT2D eigenvalue weighted by Crippen LogP contribution is 2.19. The fourth-order valence-corrected chi connectivity index (χ4v) is 3.02. The zero-order valence-electron chi connectivity index (χ0n) is 16.8. The molecule has 146 valence electrons. The molecule has 0 atom stereocenters. The van der Waals surface area contributed by atoms with Gasteiger partial charge in [-0.15, -0.1) is 0 Å². The molecule has 0 bridgehead atoms. The third-order valence-corrected chi connectivity index (χ3v) is 4.34. The molecule has 4 heteroatoms. The van der Waals surface area contributed by atoms with E-state index >= 15 is 0 Å². The minimum atomic E-state index is -0.546. The van der Waals surface area contributed by atoms with E-state index in [9.17, 15) is 4.79 Å². The van der Waals surface area contributed by atoms with Crippen LogP contribution in [-0.2, 0) is 17.7 Å². The quantitative estimate of drug-likeness (QED) is 0.722. The van der Waals surface area contributed by atoms with Gasteiger partial charge >= 0.3 is 6.09 Å². The molecule has 1 amide bonds. The van der Waals surface area contributed by atoms with Crippen LogP contribution >= 0.6 is 0 Å². The number of hydrogen-bond acceptors (Lipinski definition) is 3. The first-order valence-corrected chi connectivity index (χ1v) is 9.63. The molecule has 28 heavy (non-hydrogen) atoms. The van der Waals surface area contributed by atoms with Crippen LogP contribution in [0.1, 0.15) is 31.9 Å². The van der Waals surface area contributed by atoms with Crippen LogP contribution in [0.4, 0.5) is 4.79 Å². The Morgan fingerprint density at radius 1 is 0.964 bits per heavy atom. The number of amides is 1. The second kappa shape index (κ2) is 8.89. The van der Waals surface area contributed by atoms with Crippen molar-refractivity contribution in [1.82, 2.24) is 10.0 Å². The molecule has 0 fully saturated rings. The molecule has 0 saturated heterocycles. The molecule has 0 radical (unpaired) electrons. The van der Waals surface area contributed by atoms with E-state index in [2.05, 4.69) is 30.3 Å². The van der Waals surface area contributed by atoms with Crippen LogP contribution in [-0.4, -0.2) is 28.3 Å². The van der Waals surface area contributed by atoms with E-state index in [-0.39, 0.29) is 6.09 Å². The highest BCUT2D eigenvalue weighted by molar-refractivity contribution is 5.69. The van der Waals surface area contributed by atoms with E-state index in [1.807, 2.05) is 74.5 Å². The van der Waals surface area contributed by atoms with Gasteiger partial charge in [-0.05, 0) is 50.0 Å². The molecule has 1 aliphatic heterocycles. The van der Waals surface area contributed by atoms with Gasteiger partial charge in [-0.25, -0.2) is 14.8 Å². The molecule has 0 saturated carbocycles. The summed E-state index contributed by atoms with van der Waals surface area (Å²) < 4.78 is 5.63. The highest BCUT2D eigenvalue weighted by Gasteiger charge is 2.26. The molecule has 0 unspecified atom stereocenters. The van der Waals surface area contributed by atoms with Crippen LogP contribution < -0.4 is 0 Å². The zero-order chi connectivity index (χ0) is 20.0. The number of nitrogens with zero attached hydrogens (tertiary/aromatic N) is 2. The summed E-state index contributed by atoms with van der Waals surface area (Å²) in [7, 11) is 0. The predicted octanol–water partition coefficient (Wildman–Crippen LogP) is 5.34. The van der Waals surface area contributed by atoms with Crippen LogP contribution in [0.2, 0.25) is 0 Å². The Balaban J connectivity index is 1.81. The van der Waals surface area contributed by atoms with E-state index < -0.39 is 5.60 Å². The van der Waals surface area contributed by atoms with Crippen molar-refractivity contribution in [1.29, 1.82) is 0 Å². The van der Waals surface area contributed by atoms with E-state index in [4.69, 9.17) is 4.74 Å². The van der Waals surface area contributed by atoms with Crippen LogP contribution in [0.5, 0.6) is 0 Å². The maximum absolute atomic E-state index is 12.8. The van der Waals surface area contributed by atoms with Gasteiger partial charge in [0.25, 0.3) is 0 Å². The first-order valence-electron chi connectivity index (χ1n) is 9.63. The van der Waals surface area contributed by atoms with Gasteiger partial charge < -0.3 is 4.74 Å². The third kappa shape index (κ3) is 5.83. The van der Waals surface area contributed by atoms with Crippen molar-refractivity contribution in [3.05, 3.63) is 95.7 Å². The van der Waals surface area contributed by atoms with Crippen molar-refractivity contribution in [2.24, 2.45) is 0 Å². The minimum absolute atomic E-state index is 0.367. The Kier molecular flexibility index (Phi) is 6.32. The average Bonchev–Trinajstić information content (AvgIpc) is 2.85. The standard InChI is InChI=1S/C24H28N2O2/c1-24(2,3)28-23(27)26-17-15-21(18-20-10-6-4-7-11-20)14-16-25(26)19-22-12-8-5-9-13-22/h4-15,17H,16,18-19H2,1-3H3. The fraction of sp³-hybridized carbons (Fsp3) is 0.292. The van der Waals surface area contributed by atoms with Gasteiger partial charge in [-0.2, -0.15) is 0 Å². The number of hydrogen-bond donors (Lipinski definition) is 0. The third-order valence-electron chi connectivity index (χ3n) is 4.34. The minimum Gasteiger partial charge on any atom is -0.442 e. The maximum atomic E-state index is 12.8. The van der Waals surface area contributed by atoms with Crippen molar-refractivity contribution in [2.75, 3.05) is 6.54 Å². The number of rotatable bonds is 4. The molecular weight excluding hydrogens is 348 g/mol. The summed E-state index contributed by atoms with van der Waals surface area (Å²) in [6.07, 6.45) is 6.46. The Hall–Kier alpha value is -2.85. The Bertz CT molecular complexity index is 836. The van der Waals surface area contributed by atoms with Gasteiger partial charge in [-0.3, -0.25) is 0 Å². The summed E-state index contributed by atoms with van der Waals surface area (Å²) in [5, 5.41) is 3.59. The van der Waals surface area contributed by atoms with Gasteiger partial charge in [0, 0.05) is 19.3 Å². The Labute approximate surface area is 167 Å². The summed E-state index contributed by atoms with van der Waals surface area (Å²) in [5.41, 5.74) is 3.02. The summed E-state index contributed by atoms with van der Waals surface area (Å²) >= 11 is 0. The molecule has 0 spiro atoms. The molecule has 3 rings (SSSR count). The van der Waals surface area contributed by atoms with Crippen molar-refractivity contribution in [3.8, 4) is 0 Å². The molecule has 0 aliphatic carbocycles. The monoisotopic (exact) mass is 376 g/mol. The lowest BCUT2D eigenvalue weighted by Gasteiger charge is -2.32. The molecular formula is C24H28N2O2. The molecule has 1 heterocycles. The van der Waals surface area contributed by atoms with Gasteiger partial charge in [0.2, 0.25) is 0 Å². The number of carbonyl (C=O) groups is 1. The highest BCUT2D eigenvalue weighted by atomic mass is 16.6. The molecule has 4 nitrogen and oxygen atoms in total. The van der Waals surface area contributed by atoms with Crippen LogP contribution in [0.25, 0.3) is 0 Å². The van der Waals surface area contributed by atoms with Crippen molar-refractivity contribution >= 4 is 6.09 Å². The van der Waals surface area contributed by atoms with Crippen molar-refractivity contribution < 1.29 is 9.53 Å². The van der Waals surface area contributed by atoms with Crippen molar-refractivity contribution in [3.63, 3.8) is 0 Å². The Morgan fingerprint density at radius 3 is 2.18 bits per heavy atom. The number of allylic oxidation sites excluding steroid dienone is 2. The second-order valence-electron chi connectivity index (χ2n) is 7.91. The van der Waals surface area contributed by atoms with Crippen LogP contribution in [0.15, 0.2) is 84.6 Å². The topological polar surface area (TPSA) is 32.8 Å². The normalized spacial score (nSPS) is 15.1. The van der Waals surface area contributed by atoms with E-state index in [0.29, 0.717) is 13.1 Å². The van der Waals surface area contributed by atoms with E-state index in [1.54, 1.807) is 5.01 Å². The molecule has 2 aromatic rings. The van der Waals surface area contributed by atoms with E-state index in [1.165, 1.54) is 11.1 Å². The molecule has 0 aromatic heterocycles. The lowest BCUT2D eigenvalue weighted by Crippen LogP contribution is -2.44. The fourth-order valence-electron chi connectivity index (χ4n) is 3.02. The molecule has 0 N–H and O–H groups in total. The molecule has 1 aliphatic rings. The summed E-state index contributed by atoms with van der Waals surface area (Å²) in [6.45, 7) is 6.90. The smallest absolute Gasteiger partial charge is 0.429 e. The van der Waals surface area contributed by atoms with Gasteiger partial charge in [0.05, 0.1) is 0 Å². The van der Waals surface area contributed by atoms with Crippen LogP contribution in [0, 0.1) is 0 Å². The summed E-state index contributed by atoms with van der Waals surface area (Å²) in [4.78, 5) is 12.8. The SMILES string of the molecule is CC(C)(C)OC(=O)N1C=CC(Cc2ccccc2)=CCN1Cc1ccccc1. The lowest BCUT2D eigenvalue weighted by molar-refractivity contribution is -0.0248. The number of carbonyl (C=O) groups excluding carboxylic acids is 1. The average molecular weight is 377 g/mol. The first-order chi connectivity index (χ1) is 13.4. The zero-order valence-corrected chi connectivity index (χ0v) is 16.8. The van der Waals surface area contributed by atoms with Crippen molar-refractivity contribution in [2.45, 2.75) is 39.3 Å². The van der Waals surface area contributed by atoms with Crippen LogP contribution in [0.3, 0.4) is 0 Å². The largest absolute Gasteiger partial charge is 0.442 e. The summed E-state index contributed by atoms with van der Waals surface area (Å²) in [5.74, 6) is 0. The number of ether oxygens (including phenoxy) is 1. The molecule has 2 aromatic carbocycles. The van der Waals surface area contributed by atoms with E-state index in [0.717, 1.165) is 12.0 Å².